The lowest BCUT2D eigenvalue weighted by atomic mass is 9.79. The summed E-state index contributed by atoms with van der Waals surface area (Å²) in [5.74, 6) is -0.943. The van der Waals surface area contributed by atoms with Crippen LogP contribution in [-0.2, 0) is 4.74 Å². The lowest BCUT2D eigenvalue weighted by Crippen LogP contribution is -2.71. The predicted molar refractivity (Wildman–Crippen MR) is 133 cm³/mol. The fraction of sp³-hybridized carbons (Fsp3) is 0.400. The van der Waals surface area contributed by atoms with E-state index in [4.69, 9.17) is 16.3 Å². The fourth-order valence-corrected chi connectivity index (χ4v) is 5.83. The van der Waals surface area contributed by atoms with E-state index in [-0.39, 0.29) is 16.6 Å². The molecule has 1 N–H and O–H groups in total. The SMILES string of the molecule is CC1(C)CN(c2ccc(Cl)cc2)CC(C)(C2=CCCOC2)N1c1ccc(C(=O)O)c(Br)c1. The molecule has 2 aromatic rings. The molecule has 1 saturated heterocycles. The lowest BCUT2D eigenvalue weighted by molar-refractivity contribution is 0.0696. The number of benzene rings is 2. The molecule has 7 heteroatoms. The number of hydrogen-bond donors (Lipinski definition) is 1. The molecule has 0 aliphatic carbocycles. The van der Waals surface area contributed by atoms with Crippen LogP contribution < -0.4 is 9.80 Å². The van der Waals surface area contributed by atoms with Crippen LogP contribution in [0.5, 0.6) is 0 Å². The third-order valence-corrected chi connectivity index (χ3v) is 7.32. The fourth-order valence-electron chi connectivity index (χ4n) is 5.17. The second-order valence-corrected chi connectivity index (χ2v) is 10.6. The molecule has 0 spiro atoms. The van der Waals surface area contributed by atoms with Gasteiger partial charge in [0.25, 0.3) is 0 Å². The molecule has 170 valence electrons. The number of hydrogen-bond acceptors (Lipinski definition) is 4. The summed E-state index contributed by atoms with van der Waals surface area (Å²) < 4.78 is 6.44. The van der Waals surface area contributed by atoms with Gasteiger partial charge in [-0.15, -0.1) is 0 Å². The molecule has 2 aliphatic rings. The Bertz CT molecular complexity index is 1050. The topological polar surface area (TPSA) is 53.0 Å². The van der Waals surface area contributed by atoms with Crippen LogP contribution in [0.1, 0.15) is 37.6 Å². The van der Waals surface area contributed by atoms with E-state index in [9.17, 15) is 9.90 Å². The van der Waals surface area contributed by atoms with Crippen molar-refractivity contribution in [1.82, 2.24) is 0 Å². The molecular formula is C25H28BrClN2O3. The minimum absolute atomic E-state index is 0.255. The van der Waals surface area contributed by atoms with Crippen LogP contribution in [0.4, 0.5) is 11.4 Å². The number of anilines is 2. The molecule has 2 aromatic carbocycles. The summed E-state index contributed by atoms with van der Waals surface area (Å²) in [4.78, 5) is 16.4. The molecule has 2 aliphatic heterocycles. The predicted octanol–water partition coefficient (Wildman–Crippen LogP) is 6.01. The van der Waals surface area contributed by atoms with Gasteiger partial charge in [-0.25, -0.2) is 4.79 Å². The minimum Gasteiger partial charge on any atom is -0.478 e. The maximum Gasteiger partial charge on any atom is 0.336 e. The van der Waals surface area contributed by atoms with Crippen molar-refractivity contribution in [2.45, 2.75) is 38.3 Å². The van der Waals surface area contributed by atoms with Gasteiger partial charge in [-0.1, -0.05) is 17.7 Å². The van der Waals surface area contributed by atoms with Crippen molar-refractivity contribution in [3.8, 4) is 0 Å². The zero-order chi connectivity index (χ0) is 23.1. The van der Waals surface area contributed by atoms with Crippen LogP contribution in [0.15, 0.2) is 58.6 Å². The molecule has 4 rings (SSSR count). The van der Waals surface area contributed by atoms with Crippen molar-refractivity contribution in [3.05, 3.63) is 69.2 Å². The lowest BCUT2D eigenvalue weighted by Gasteiger charge is -2.60. The largest absolute Gasteiger partial charge is 0.478 e. The quantitative estimate of drug-likeness (QED) is 0.501. The zero-order valence-corrected chi connectivity index (χ0v) is 20.9. The molecular weight excluding hydrogens is 492 g/mol. The number of ether oxygens (including phenoxy) is 1. The van der Waals surface area contributed by atoms with E-state index in [1.807, 2.05) is 24.3 Å². The van der Waals surface area contributed by atoms with E-state index in [1.165, 1.54) is 5.57 Å². The van der Waals surface area contributed by atoms with Gasteiger partial charge in [-0.3, -0.25) is 0 Å². The standard InChI is InChI=1S/C25H28BrClN2O3/c1-24(2)15-28(19-8-6-18(27)7-9-19)16-25(3,17-5-4-12-32-14-17)29(24)20-10-11-21(23(30)31)22(26)13-20/h5-11,13H,4,12,14-16H2,1-3H3,(H,30,31). The monoisotopic (exact) mass is 518 g/mol. The van der Waals surface area contributed by atoms with Crippen molar-refractivity contribution < 1.29 is 14.6 Å². The first-order valence-corrected chi connectivity index (χ1v) is 11.9. The molecule has 1 unspecified atom stereocenters. The molecule has 32 heavy (non-hydrogen) atoms. The maximum absolute atomic E-state index is 11.5. The highest BCUT2D eigenvalue weighted by molar-refractivity contribution is 9.10. The third-order valence-electron chi connectivity index (χ3n) is 6.41. The first-order chi connectivity index (χ1) is 15.1. The van der Waals surface area contributed by atoms with Crippen molar-refractivity contribution in [3.63, 3.8) is 0 Å². The van der Waals surface area contributed by atoms with Crippen LogP contribution in [0.25, 0.3) is 0 Å². The molecule has 0 bridgehead atoms. The normalized spacial score (nSPS) is 23.1. The molecule has 1 atom stereocenters. The number of carbonyl (C=O) groups is 1. The summed E-state index contributed by atoms with van der Waals surface area (Å²) in [6.45, 7) is 9.63. The number of rotatable bonds is 4. The van der Waals surface area contributed by atoms with Gasteiger partial charge >= 0.3 is 5.97 Å². The first-order valence-electron chi connectivity index (χ1n) is 10.7. The van der Waals surface area contributed by atoms with Gasteiger partial charge in [0.05, 0.1) is 29.9 Å². The van der Waals surface area contributed by atoms with E-state index in [2.05, 4.69) is 64.7 Å². The molecule has 0 amide bonds. The minimum atomic E-state index is -0.943. The highest BCUT2D eigenvalue weighted by Crippen LogP contribution is 2.44. The molecule has 0 aromatic heterocycles. The van der Waals surface area contributed by atoms with Gasteiger partial charge in [-0.2, -0.15) is 0 Å². The zero-order valence-electron chi connectivity index (χ0n) is 18.6. The van der Waals surface area contributed by atoms with Crippen LogP contribution in [-0.4, -0.2) is 48.5 Å². The van der Waals surface area contributed by atoms with E-state index in [0.29, 0.717) is 11.1 Å². The van der Waals surface area contributed by atoms with Crippen LogP contribution in [0, 0.1) is 0 Å². The maximum atomic E-state index is 11.5. The Hall–Kier alpha value is -2.02. The Morgan fingerprint density at radius 1 is 1.09 bits per heavy atom. The van der Waals surface area contributed by atoms with Gasteiger partial charge in [0.1, 0.15) is 0 Å². The Balaban J connectivity index is 1.82. The van der Waals surface area contributed by atoms with E-state index in [0.717, 1.165) is 42.5 Å². The second-order valence-electron chi connectivity index (χ2n) is 9.29. The Labute approximate surface area is 202 Å². The number of carboxylic acids is 1. The summed E-state index contributed by atoms with van der Waals surface area (Å²) in [6, 6.07) is 13.5. The Morgan fingerprint density at radius 3 is 2.38 bits per heavy atom. The summed E-state index contributed by atoms with van der Waals surface area (Å²) in [5, 5.41) is 10.2. The number of carboxylic acid groups (broad SMARTS) is 1. The molecule has 1 fully saturated rings. The number of halogens is 2. The summed E-state index contributed by atoms with van der Waals surface area (Å²) in [6.07, 6.45) is 3.19. The van der Waals surface area contributed by atoms with Crippen molar-refractivity contribution >= 4 is 44.9 Å². The van der Waals surface area contributed by atoms with E-state index in [1.54, 1.807) is 6.07 Å². The Morgan fingerprint density at radius 2 is 1.78 bits per heavy atom. The van der Waals surface area contributed by atoms with Gasteiger partial charge in [0, 0.05) is 34.0 Å². The van der Waals surface area contributed by atoms with Crippen molar-refractivity contribution in [2.75, 3.05) is 36.1 Å². The van der Waals surface area contributed by atoms with Crippen LogP contribution >= 0.6 is 27.5 Å². The number of aromatic carboxylic acids is 1. The summed E-state index contributed by atoms with van der Waals surface area (Å²) >= 11 is 9.61. The third kappa shape index (κ3) is 4.28. The number of nitrogens with zero attached hydrogens (tertiary/aromatic N) is 2. The molecule has 2 heterocycles. The summed E-state index contributed by atoms with van der Waals surface area (Å²) in [5.41, 5.74) is 3.01. The van der Waals surface area contributed by atoms with Crippen LogP contribution in [0.2, 0.25) is 5.02 Å². The van der Waals surface area contributed by atoms with E-state index < -0.39 is 5.97 Å². The molecule has 5 nitrogen and oxygen atoms in total. The highest BCUT2D eigenvalue weighted by atomic mass is 79.9. The summed E-state index contributed by atoms with van der Waals surface area (Å²) in [7, 11) is 0. The van der Waals surface area contributed by atoms with Crippen molar-refractivity contribution in [2.24, 2.45) is 0 Å². The van der Waals surface area contributed by atoms with Gasteiger partial charge in [0.15, 0.2) is 0 Å². The first kappa shape index (κ1) is 23.1. The Kier molecular flexibility index (Phi) is 6.31. The molecule has 0 radical (unpaired) electrons. The van der Waals surface area contributed by atoms with Crippen LogP contribution in [0.3, 0.4) is 0 Å². The van der Waals surface area contributed by atoms with Crippen molar-refractivity contribution in [1.29, 1.82) is 0 Å². The molecule has 0 saturated carbocycles. The smallest absolute Gasteiger partial charge is 0.336 e. The average Bonchev–Trinajstić information content (AvgIpc) is 2.73. The van der Waals surface area contributed by atoms with E-state index >= 15 is 0 Å². The highest BCUT2D eigenvalue weighted by Gasteiger charge is 2.49. The second kappa shape index (κ2) is 8.73. The average molecular weight is 520 g/mol. The van der Waals surface area contributed by atoms with Gasteiger partial charge in [0.2, 0.25) is 0 Å². The van der Waals surface area contributed by atoms with Gasteiger partial charge < -0.3 is 19.6 Å². The number of piperazine rings is 1. The van der Waals surface area contributed by atoms with Gasteiger partial charge in [-0.05, 0) is 91.2 Å².